The Morgan fingerprint density at radius 3 is 2.46 bits per heavy atom. The molecule has 1 rings (SSSR count). The standard InChI is InChI=1S/C9H17NO3/c1-7(11)8-2-4-10(5-3-8)6-9(12)13/h7-8,11H,2-6H2,1H3,(H,12,13). The highest BCUT2D eigenvalue weighted by Crippen LogP contribution is 2.19. The maximum Gasteiger partial charge on any atom is 0.317 e. The zero-order valence-corrected chi connectivity index (χ0v) is 7.94. The van der Waals surface area contributed by atoms with Gasteiger partial charge in [0.1, 0.15) is 0 Å². The average molecular weight is 187 g/mol. The van der Waals surface area contributed by atoms with Crippen molar-refractivity contribution in [2.24, 2.45) is 5.92 Å². The molecule has 0 spiro atoms. The number of aliphatic carboxylic acids is 1. The first-order chi connectivity index (χ1) is 6.09. The third-order valence-corrected chi connectivity index (χ3v) is 2.67. The van der Waals surface area contributed by atoms with Crippen molar-refractivity contribution >= 4 is 5.97 Å². The van der Waals surface area contributed by atoms with E-state index in [0.717, 1.165) is 25.9 Å². The third-order valence-electron chi connectivity index (χ3n) is 2.67. The highest BCUT2D eigenvalue weighted by molar-refractivity contribution is 5.69. The smallest absolute Gasteiger partial charge is 0.317 e. The van der Waals surface area contributed by atoms with Crippen LogP contribution in [0.25, 0.3) is 0 Å². The van der Waals surface area contributed by atoms with Gasteiger partial charge in [0.15, 0.2) is 0 Å². The van der Waals surface area contributed by atoms with Gasteiger partial charge in [0.2, 0.25) is 0 Å². The van der Waals surface area contributed by atoms with E-state index in [2.05, 4.69) is 0 Å². The van der Waals surface area contributed by atoms with Crippen molar-refractivity contribution < 1.29 is 15.0 Å². The van der Waals surface area contributed by atoms with E-state index in [1.165, 1.54) is 0 Å². The molecule has 0 aromatic carbocycles. The van der Waals surface area contributed by atoms with E-state index < -0.39 is 5.97 Å². The van der Waals surface area contributed by atoms with E-state index >= 15 is 0 Å². The molecule has 0 amide bonds. The van der Waals surface area contributed by atoms with E-state index in [1.54, 1.807) is 6.92 Å². The Morgan fingerprint density at radius 1 is 1.54 bits per heavy atom. The summed E-state index contributed by atoms with van der Waals surface area (Å²) < 4.78 is 0. The molecule has 0 saturated carbocycles. The minimum Gasteiger partial charge on any atom is -0.480 e. The lowest BCUT2D eigenvalue weighted by Gasteiger charge is -2.32. The minimum atomic E-state index is -0.768. The van der Waals surface area contributed by atoms with Gasteiger partial charge >= 0.3 is 5.97 Å². The van der Waals surface area contributed by atoms with Gasteiger partial charge in [-0.3, -0.25) is 9.69 Å². The molecule has 2 N–H and O–H groups in total. The van der Waals surface area contributed by atoms with E-state index in [4.69, 9.17) is 5.11 Å². The van der Waals surface area contributed by atoms with Crippen LogP contribution in [0.5, 0.6) is 0 Å². The van der Waals surface area contributed by atoms with E-state index in [-0.39, 0.29) is 12.6 Å². The highest BCUT2D eigenvalue weighted by atomic mass is 16.4. The monoisotopic (exact) mass is 187 g/mol. The van der Waals surface area contributed by atoms with Crippen molar-refractivity contribution in [2.45, 2.75) is 25.9 Å². The molecule has 1 heterocycles. The van der Waals surface area contributed by atoms with Gasteiger partial charge < -0.3 is 10.2 Å². The van der Waals surface area contributed by atoms with Crippen LogP contribution in [0.15, 0.2) is 0 Å². The Balaban J connectivity index is 2.26. The van der Waals surface area contributed by atoms with Crippen LogP contribution in [-0.4, -0.2) is 46.8 Å². The Bertz CT molecular complexity index is 174. The predicted molar refractivity (Wildman–Crippen MR) is 48.5 cm³/mol. The van der Waals surface area contributed by atoms with Crippen LogP contribution >= 0.6 is 0 Å². The number of piperidine rings is 1. The van der Waals surface area contributed by atoms with Crippen molar-refractivity contribution in [3.8, 4) is 0 Å². The zero-order valence-electron chi connectivity index (χ0n) is 7.94. The van der Waals surface area contributed by atoms with Crippen LogP contribution in [0.4, 0.5) is 0 Å². The Morgan fingerprint density at radius 2 is 2.08 bits per heavy atom. The predicted octanol–water partition coefficient (Wildman–Crippen LogP) is 0.164. The molecule has 1 aliphatic rings. The largest absolute Gasteiger partial charge is 0.480 e. The SMILES string of the molecule is CC(O)C1CCN(CC(=O)O)CC1. The highest BCUT2D eigenvalue weighted by Gasteiger charge is 2.23. The number of aliphatic hydroxyl groups excluding tert-OH is 1. The normalized spacial score (nSPS) is 22.9. The fraction of sp³-hybridized carbons (Fsp3) is 0.889. The van der Waals surface area contributed by atoms with Crippen LogP contribution < -0.4 is 0 Å². The summed E-state index contributed by atoms with van der Waals surface area (Å²) in [5.41, 5.74) is 0. The van der Waals surface area contributed by atoms with Gasteiger partial charge in [-0.15, -0.1) is 0 Å². The number of hydrogen-bond donors (Lipinski definition) is 2. The average Bonchev–Trinajstić information content (AvgIpc) is 2.04. The van der Waals surface area contributed by atoms with Gasteiger partial charge in [-0.25, -0.2) is 0 Å². The fourth-order valence-corrected chi connectivity index (χ4v) is 1.78. The molecule has 13 heavy (non-hydrogen) atoms. The summed E-state index contributed by atoms with van der Waals surface area (Å²) in [7, 11) is 0. The Kier molecular flexibility index (Phi) is 3.69. The van der Waals surface area contributed by atoms with Gasteiger partial charge in [-0.1, -0.05) is 0 Å². The summed E-state index contributed by atoms with van der Waals surface area (Å²) in [5.74, 6) is -0.416. The summed E-state index contributed by atoms with van der Waals surface area (Å²) >= 11 is 0. The quantitative estimate of drug-likeness (QED) is 0.661. The topological polar surface area (TPSA) is 60.8 Å². The van der Waals surface area contributed by atoms with Gasteiger partial charge in [0.05, 0.1) is 12.6 Å². The van der Waals surface area contributed by atoms with Gasteiger partial charge in [-0.05, 0) is 38.8 Å². The molecule has 0 bridgehead atoms. The van der Waals surface area contributed by atoms with E-state index in [0.29, 0.717) is 5.92 Å². The van der Waals surface area contributed by atoms with Crippen molar-refractivity contribution in [2.75, 3.05) is 19.6 Å². The molecule has 1 atom stereocenters. The molecule has 0 radical (unpaired) electrons. The Hall–Kier alpha value is -0.610. The number of carboxylic acids is 1. The van der Waals surface area contributed by atoms with Crippen LogP contribution in [0.1, 0.15) is 19.8 Å². The van der Waals surface area contributed by atoms with Crippen molar-refractivity contribution in [1.29, 1.82) is 0 Å². The molecule has 1 aliphatic heterocycles. The second-order valence-electron chi connectivity index (χ2n) is 3.75. The molecular weight excluding hydrogens is 170 g/mol. The number of carbonyl (C=O) groups is 1. The molecule has 0 aromatic heterocycles. The maximum absolute atomic E-state index is 10.4. The number of aliphatic hydroxyl groups is 1. The van der Waals surface area contributed by atoms with Crippen molar-refractivity contribution in [1.82, 2.24) is 4.90 Å². The first kappa shape index (κ1) is 10.5. The lowest BCUT2D eigenvalue weighted by atomic mass is 9.92. The molecule has 4 heteroatoms. The molecule has 1 fully saturated rings. The van der Waals surface area contributed by atoms with Crippen LogP contribution in [0, 0.1) is 5.92 Å². The van der Waals surface area contributed by atoms with Crippen molar-refractivity contribution in [3.63, 3.8) is 0 Å². The third kappa shape index (κ3) is 3.32. The summed E-state index contributed by atoms with van der Waals surface area (Å²) in [5, 5.41) is 17.9. The lowest BCUT2D eigenvalue weighted by Crippen LogP contribution is -2.39. The molecule has 0 aliphatic carbocycles. The minimum absolute atomic E-state index is 0.131. The molecule has 1 unspecified atom stereocenters. The number of carboxylic acid groups (broad SMARTS) is 1. The van der Waals surface area contributed by atoms with E-state index in [1.807, 2.05) is 4.90 Å². The summed E-state index contributed by atoms with van der Waals surface area (Å²) in [4.78, 5) is 12.3. The second-order valence-corrected chi connectivity index (χ2v) is 3.75. The maximum atomic E-state index is 10.4. The summed E-state index contributed by atoms with van der Waals surface area (Å²) in [6.45, 7) is 3.52. The molecule has 76 valence electrons. The molecule has 1 saturated heterocycles. The molecular formula is C9H17NO3. The zero-order chi connectivity index (χ0) is 9.84. The Labute approximate surface area is 78.2 Å². The van der Waals surface area contributed by atoms with Gasteiger partial charge in [-0.2, -0.15) is 0 Å². The van der Waals surface area contributed by atoms with Crippen LogP contribution in [0.2, 0.25) is 0 Å². The van der Waals surface area contributed by atoms with Gasteiger partial charge in [0.25, 0.3) is 0 Å². The number of nitrogens with zero attached hydrogens (tertiary/aromatic N) is 1. The second kappa shape index (κ2) is 4.58. The van der Waals surface area contributed by atoms with Crippen molar-refractivity contribution in [3.05, 3.63) is 0 Å². The van der Waals surface area contributed by atoms with E-state index in [9.17, 15) is 9.90 Å². The first-order valence-corrected chi connectivity index (χ1v) is 4.72. The summed E-state index contributed by atoms with van der Waals surface area (Å²) in [6, 6.07) is 0. The first-order valence-electron chi connectivity index (χ1n) is 4.72. The fourth-order valence-electron chi connectivity index (χ4n) is 1.78. The van der Waals surface area contributed by atoms with Crippen LogP contribution in [0.3, 0.4) is 0 Å². The number of likely N-dealkylation sites (tertiary alicyclic amines) is 1. The van der Waals surface area contributed by atoms with Crippen LogP contribution in [-0.2, 0) is 4.79 Å². The summed E-state index contributed by atoms with van der Waals surface area (Å²) in [6.07, 6.45) is 1.56. The number of hydrogen-bond acceptors (Lipinski definition) is 3. The molecule has 0 aromatic rings. The lowest BCUT2D eigenvalue weighted by molar-refractivity contribution is -0.138. The number of rotatable bonds is 3. The molecule has 4 nitrogen and oxygen atoms in total. The van der Waals surface area contributed by atoms with Gasteiger partial charge in [0, 0.05) is 0 Å².